The average molecular weight is 226 g/mol. The summed E-state index contributed by atoms with van der Waals surface area (Å²) in [6.07, 6.45) is 2.35. The van der Waals surface area contributed by atoms with E-state index in [1.807, 2.05) is 0 Å². The highest BCUT2D eigenvalue weighted by Crippen LogP contribution is 2.30. The van der Waals surface area contributed by atoms with Gasteiger partial charge in [-0.2, -0.15) is 0 Å². The third-order valence-electron chi connectivity index (χ3n) is 2.08. The summed E-state index contributed by atoms with van der Waals surface area (Å²) in [6.45, 7) is 0. The van der Waals surface area contributed by atoms with Crippen LogP contribution in [0.5, 0.6) is 0 Å². The molecule has 1 fully saturated rings. The highest BCUT2D eigenvalue weighted by Gasteiger charge is 2.29. The van der Waals surface area contributed by atoms with Gasteiger partial charge >= 0.3 is 0 Å². The SMILES string of the molecule is O=Cc1nnc(NC(=O)C2CC2)cc1Cl. The zero-order valence-corrected chi connectivity index (χ0v) is 8.49. The summed E-state index contributed by atoms with van der Waals surface area (Å²) >= 11 is 5.72. The number of nitrogens with zero attached hydrogens (tertiary/aromatic N) is 2. The van der Waals surface area contributed by atoms with Crippen molar-refractivity contribution in [1.82, 2.24) is 10.2 Å². The van der Waals surface area contributed by atoms with Gasteiger partial charge in [0.05, 0.1) is 5.02 Å². The lowest BCUT2D eigenvalue weighted by atomic mass is 10.3. The van der Waals surface area contributed by atoms with Crippen molar-refractivity contribution in [2.24, 2.45) is 5.92 Å². The van der Waals surface area contributed by atoms with Gasteiger partial charge in [-0.25, -0.2) is 0 Å². The molecule has 78 valence electrons. The Morgan fingerprint density at radius 2 is 2.27 bits per heavy atom. The summed E-state index contributed by atoms with van der Waals surface area (Å²) in [5.41, 5.74) is 0.0705. The van der Waals surface area contributed by atoms with Crippen LogP contribution >= 0.6 is 11.6 Å². The molecule has 1 amide bonds. The van der Waals surface area contributed by atoms with Crippen molar-refractivity contribution in [2.45, 2.75) is 12.8 Å². The zero-order valence-electron chi connectivity index (χ0n) is 7.74. The fourth-order valence-corrected chi connectivity index (χ4v) is 1.28. The largest absolute Gasteiger partial charge is 0.309 e. The first-order chi connectivity index (χ1) is 7.20. The normalized spacial score (nSPS) is 14.7. The van der Waals surface area contributed by atoms with Gasteiger partial charge in [-0.1, -0.05) is 11.6 Å². The Bertz CT molecular complexity index is 418. The summed E-state index contributed by atoms with van der Waals surface area (Å²) in [4.78, 5) is 21.8. The predicted molar refractivity (Wildman–Crippen MR) is 53.8 cm³/mol. The maximum atomic E-state index is 11.3. The number of rotatable bonds is 3. The first kappa shape index (κ1) is 10.0. The zero-order chi connectivity index (χ0) is 10.8. The topological polar surface area (TPSA) is 72.0 Å². The summed E-state index contributed by atoms with van der Waals surface area (Å²) in [5.74, 6) is 0.304. The van der Waals surface area contributed by atoms with Crippen LogP contribution in [0.25, 0.3) is 0 Å². The third kappa shape index (κ3) is 2.30. The molecule has 0 spiro atoms. The summed E-state index contributed by atoms with van der Waals surface area (Å²) in [5, 5.41) is 10.00. The molecule has 1 aliphatic rings. The average Bonchev–Trinajstić information content (AvgIpc) is 3.01. The quantitative estimate of drug-likeness (QED) is 0.787. The lowest BCUT2D eigenvalue weighted by Crippen LogP contribution is -2.15. The monoisotopic (exact) mass is 225 g/mol. The minimum Gasteiger partial charge on any atom is -0.309 e. The van der Waals surface area contributed by atoms with E-state index in [0.717, 1.165) is 12.8 Å². The molecule has 5 nitrogen and oxygen atoms in total. The Hall–Kier alpha value is -1.49. The Morgan fingerprint density at radius 3 is 2.80 bits per heavy atom. The molecule has 1 heterocycles. The van der Waals surface area contributed by atoms with Gasteiger partial charge in [0.2, 0.25) is 5.91 Å². The van der Waals surface area contributed by atoms with Crippen LogP contribution in [-0.2, 0) is 4.79 Å². The molecule has 2 rings (SSSR count). The molecule has 1 aromatic rings. The first-order valence-corrected chi connectivity index (χ1v) is 4.88. The van der Waals surface area contributed by atoms with Crippen molar-refractivity contribution in [1.29, 1.82) is 0 Å². The van der Waals surface area contributed by atoms with E-state index in [4.69, 9.17) is 11.6 Å². The number of amides is 1. The van der Waals surface area contributed by atoms with Crippen LogP contribution in [0, 0.1) is 5.92 Å². The van der Waals surface area contributed by atoms with Gasteiger partial charge in [-0.15, -0.1) is 10.2 Å². The van der Waals surface area contributed by atoms with Crippen LogP contribution in [0.4, 0.5) is 5.82 Å². The predicted octanol–water partition coefficient (Wildman–Crippen LogP) is 1.29. The molecule has 0 saturated heterocycles. The second-order valence-corrected chi connectivity index (χ2v) is 3.75. The Morgan fingerprint density at radius 1 is 1.53 bits per heavy atom. The molecule has 1 N–H and O–H groups in total. The molecule has 0 radical (unpaired) electrons. The maximum absolute atomic E-state index is 11.3. The van der Waals surface area contributed by atoms with E-state index in [9.17, 15) is 9.59 Å². The second kappa shape index (κ2) is 3.94. The number of hydrogen-bond acceptors (Lipinski definition) is 4. The summed E-state index contributed by atoms with van der Waals surface area (Å²) < 4.78 is 0. The highest BCUT2D eigenvalue weighted by atomic mass is 35.5. The van der Waals surface area contributed by atoms with E-state index in [0.29, 0.717) is 6.29 Å². The van der Waals surface area contributed by atoms with Crippen molar-refractivity contribution in [2.75, 3.05) is 5.32 Å². The van der Waals surface area contributed by atoms with Gasteiger partial charge in [0.25, 0.3) is 0 Å². The fourth-order valence-electron chi connectivity index (χ4n) is 1.09. The molecule has 0 aromatic carbocycles. The standard InChI is InChI=1S/C9H8ClN3O2/c10-6-3-8(13-12-7(6)4-14)11-9(15)5-1-2-5/h3-5H,1-2H2,(H,11,13,15). The van der Waals surface area contributed by atoms with Crippen molar-refractivity contribution in [3.63, 3.8) is 0 Å². The number of aldehydes is 1. The van der Waals surface area contributed by atoms with Gasteiger partial charge in [0.15, 0.2) is 12.1 Å². The molecule has 0 unspecified atom stereocenters. The smallest absolute Gasteiger partial charge is 0.228 e. The van der Waals surface area contributed by atoms with Crippen LogP contribution in [0.1, 0.15) is 23.3 Å². The number of carbonyl (C=O) groups excluding carboxylic acids is 2. The lowest BCUT2D eigenvalue weighted by Gasteiger charge is -2.02. The fraction of sp³-hybridized carbons (Fsp3) is 0.333. The summed E-state index contributed by atoms with van der Waals surface area (Å²) in [7, 11) is 0. The van der Waals surface area contributed by atoms with Gasteiger partial charge in [-0.3, -0.25) is 9.59 Å². The van der Waals surface area contributed by atoms with E-state index >= 15 is 0 Å². The number of aromatic nitrogens is 2. The van der Waals surface area contributed by atoms with Crippen molar-refractivity contribution in [3.8, 4) is 0 Å². The highest BCUT2D eigenvalue weighted by molar-refractivity contribution is 6.32. The van der Waals surface area contributed by atoms with Gasteiger partial charge in [0, 0.05) is 12.0 Å². The third-order valence-corrected chi connectivity index (χ3v) is 2.39. The molecular formula is C9H8ClN3O2. The number of anilines is 1. The van der Waals surface area contributed by atoms with Crippen molar-refractivity contribution in [3.05, 3.63) is 16.8 Å². The minimum absolute atomic E-state index is 0.0702. The summed E-state index contributed by atoms with van der Waals surface area (Å²) in [6, 6.07) is 1.42. The van der Waals surface area contributed by atoms with Gasteiger partial charge < -0.3 is 5.32 Å². The van der Waals surface area contributed by atoms with Crippen LogP contribution < -0.4 is 5.32 Å². The van der Waals surface area contributed by atoms with Crippen LogP contribution in [0.2, 0.25) is 5.02 Å². The van der Waals surface area contributed by atoms with Gasteiger partial charge in [0.1, 0.15) is 5.69 Å². The van der Waals surface area contributed by atoms with Gasteiger partial charge in [-0.05, 0) is 12.8 Å². The molecule has 1 aliphatic carbocycles. The number of hydrogen-bond donors (Lipinski definition) is 1. The molecule has 6 heteroatoms. The van der Waals surface area contributed by atoms with E-state index < -0.39 is 0 Å². The molecule has 1 saturated carbocycles. The molecule has 0 bridgehead atoms. The van der Waals surface area contributed by atoms with Crippen LogP contribution in [0.15, 0.2) is 6.07 Å². The van der Waals surface area contributed by atoms with Crippen molar-refractivity contribution < 1.29 is 9.59 Å². The van der Waals surface area contributed by atoms with E-state index in [1.165, 1.54) is 6.07 Å². The van der Waals surface area contributed by atoms with E-state index in [-0.39, 0.29) is 28.4 Å². The molecule has 15 heavy (non-hydrogen) atoms. The maximum Gasteiger partial charge on any atom is 0.228 e. The Balaban J connectivity index is 2.11. The number of carbonyl (C=O) groups is 2. The van der Waals surface area contributed by atoms with Crippen LogP contribution in [-0.4, -0.2) is 22.4 Å². The second-order valence-electron chi connectivity index (χ2n) is 3.34. The molecule has 0 aliphatic heterocycles. The Kier molecular flexibility index (Phi) is 2.64. The first-order valence-electron chi connectivity index (χ1n) is 4.50. The minimum atomic E-state index is -0.0702. The molecule has 0 atom stereocenters. The van der Waals surface area contributed by atoms with E-state index in [2.05, 4.69) is 15.5 Å². The molecular weight excluding hydrogens is 218 g/mol. The van der Waals surface area contributed by atoms with Crippen molar-refractivity contribution >= 4 is 29.6 Å². The van der Waals surface area contributed by atoms with Crippen LogP contribution in [0.3, 0.4) is 0 Å². The number of halogens is 1. The molecule has 1 aromatic heterocycles. The Labute approximate surface area is 90.8 Å². The number of nitrogens with one attached hydrogen (secondary N) is 1. The lowest BCUT2D eigenvalue weighted by molar-refractivity contribution is -0.117. The van der Waals surface area contributed by atoms with E-state index in [1.54, 1.807) is 0 Å².